The van der Waals surface area contributed by atoms with Gasteiger partial charge in [-0.25, -0.2) is 0 Å². The van der Waals surface area contributed by atoms with Gasteiger partial charge in [0.1, 0.15) is 0 Å². The molecule has 0 aromatic rings. The second kappa shape index (κ2) is 3.56. The Hall–Kier alpha value is -0.790. The number of hydrogen-bond donors (Lipinski definition) is 0. The summed E-state index contributed by atoms with van der Waals surface area (Å²) in [7, 11) is 3.91. The lowest BCUT2D eigenvalue weighted by Crippen LogP contribution is -2.12. The van der Waals surface area contributed by atoms with Crippen molar-refractivity contribution in [1.82, 2.24) is 4.90 Å². The first-order valence-electron chi connectivity index (χ1n) is 4.10. The second-order valence-electron chi connectivity index (χ2n) is 3.25. The van der Waals surface area contributed by atoms with Gasteiger partial charge < -0.3 is 4.90 Å². The molecule has 1 saturated carbocycles. The standard InChI is InChI=1S/C9H15NO/c1-10(2)7-8-5-3-4-6-9(8)11/h7H,3-6H2,1-2H3/b8-7+. The molecule has 1 fully saturated rings. The summed E-state index contributed by atoms with van der Waals surface area (Å²) in [6.45, 7) is 0. The summed E-state index contributed by atoms with van der Waals surface area (Å²) >= 11 is 0. The third kappa shape index (κ3) is 2.37. The van der Waals surface area contributed by atoms with Gasteiger partial charge in [-0.2, -0.15) is 0 Å². The molecule has 1 aliphatic rings. The summed E-state index contributed by atoms with van der Waals surface area (Å²) in [5.74, 6) is 0.338. The van der Waals surface area contributed by atoms with Crippen LogP contribution < -0.4 is 0 Å². The molecule has 0 atom stereocenters. The van der Waals surface area contributed by atoms with Crippen LogP contribution in [0.25, 0.3) is 0 Å². The van der Waals surface area contributed by atoms with Gasteiger partial charge in [0, 0.05) is 32.3 Å². The first-order valence-corrected chi connectivity index (χ1v) is 4.10. The lowest BCUT2D eigenvalue weighted by atomic mass is 9.94. The molecule has 0 spiro atoms. The number of hydrogen-bond acceptors (Lipinski definition) is 2. The van der Waals surface area contributed by atoms with E-state index in [1.54, 1.807) is 0 Å². The molecule has 0 amide bonds. The minimum absolute atomic E-state index is 0.338. The molecular weight excluding hydrogens is 138 g/mol. The average molecular weight is 153 g/mol. The van der Waals surface area contributed by atoms with E-state index >= 15 is 0 Å². The third-order valence-corrected chi connectivity index (χ3v) is 1.87. The highest BCUT2D eigenvalue weighted by molar-refractivity contribution is 5.95. The summed E-state index contributed by atoms with van der Waals surface area (Å²) < 4.78 is 0. The van der Waals surface area contributed by atoms with Crippen molar-refractivity contribution in [2.24, 2.45) is 0 Å². The van der Waals surface area contributed by atoms with Gasteiger partial charge in [-0.15, -0.1) is 0 Å². The SMILES string of the molecule is CN(C)/C=C1\CCCCC1=O. The van der Waals surface area contributed by atoms with Gasteiger partial charge in [0.05, 0.1) is 0 Å². The number of carbonyl (C=O) groups excluding carboxylic acids is 1. The van der Waals surface area contributed by atoms with Gasteiger partial charge in [-0.1, -0.05) is 0 Å². The molecule has 0 N–H and O–H groups in total. The van der Waals surface area contributed by atoms with E-state index in [1.807, 2.05) is 25.2 Å². The highest BCUT2D eigenvalue weighted by Gasteiger charge is 2.14. The first-order chi connectivity index (χ1) is 5.20. The summed E-state index contributed by atoms with van der Waals surface area (Å²) in [5.41, 5.74) is 1.00. The quantitative estimate of drug-likeness (QED) is 0.533. The van der Waals surface area contributed by atoms with Crippen molar-refractivity contribution in [2.45, 2.75) is 25.7 Å². The Morgan fingerprint density at radius 1 is 1.27 bits per heavy atom. The van der Waals surface area contributed by atoms with E-state index in [1.165, 1.54) is 6.42 Å². The van der Waals surface area contributed by atoms with Crippen LogP contribution in [0.1, 0.15) is 25.7 Å². The molecule has 1 aliphatic carbocycles. The molecule has 62 valence electrons. The number of allylic oxidation sites excluding steroid dienone is 1. The zero-order valence-corrected chi connectivity index (χ0v) is 7.26. The molecule has 2 nitrogen and oxygen atoms in total. The lowest BCUT2D eigenvalue weighted by Gasteiger charge is -2.14. The minimum atomic E-state index is 0.338. The van der Waals surface area contributed by atoms with Gasteiger partial charge in [0.15, 0.2) is 5.78 Å². The van der Waals surface area contributed by atoms with Crippen LogP contribution in [-0.2, 0) is 4.79 Å². The summed E-state index contributed by atoms with van der Waals surface area (Å²) in [5, 5.41) is 0. The molecule has 11 heavy (non-hydrogen) atoms. The Kier molecular flexibility index (Phi) is 2.69. The van der Waals surface area contributed by atoms with Crippen molar-refractivity contribution in [3.8, 4) is 0 Å². The first kappa shape index (κ1) is 8.31. The molecule has 0 saturated heterocycles. The highest BCUT2D eigenvalue weighted by atomic mass is 16.1. The van der Waals surface area contributed by atoms with E-state index in [9.17, 15) is 4.79 Å². The van der Waals surface area contributed by atoms with Gasteiger partial charge in [-0.05, 0) is 19.3 Å². The highest BCUT2D eigenvalue weighted by Crippen LogP contribution is 2.19. The molecule has 1 rings (SSSR count). The predicted octanol–water partition coefficient (Wildman–Crippen LogP) is 1.57. The summed E-state index contributed by atoms with van der Waals surface area (Å²) in [6.07, 6.45) is 5.91. The van der Waals surface area contributed by atoms with Crippen LogP contribution in [-0.4, -0.2) is 24.8 Å². The lowest BCUT2D eigenvalue weighted by molar-refractivity contribution is -0.116. The van der Waals surface area contributed by atoms with E-state index in [0.29, 0.717) is 5.78 Å². The molecule has 0 bridgehead atoms. The van der Waals surface area contributed by atoms with Crippen LogP contribution in [0.2, 0.25) is 0 Å². The number of rotatable bonds is 1. The Bertz CT molecular complexity index is 182. The van der Waals surface area contributed by atoms with E-state index < -0.39 is 0 Å². The van der Waals surface area contributed by atoms with Crippen LogP contribution in [0.3, 0.4) is 0 Å². The second-order valence-corrected chi connectivity index (χ2v) is 3.25. The fourth-order valence-electron chi connectivity index (χ4n) is 1.35. The van der Waals surface area contributed by atoms with Gasteiger partial charge in [0.25, 0.3) is 0 Å². The molecule has 0 unspecified atom stereocenters. The van der Waals surface area contributed by atoms with Gasteiger partial charge in [0.2, 0.25) is 0 Å². The Morgan fingerprint density at radius 3 is 2.45 bits per heavy atom. The van der Waals surface area contributed by atoms with Gasteiger partial charge in [-0.3, -0.25) is 4.79 Å². The van der Waals surface area contributed by atoms with E-state index in [0.717, 1.165) is 24.8 Å². The Morgan fingerprint density at radius 2 is 1.91 bits per heavy atom. The van der Waals surface area contributed by atoms with Gasteiger partial charge >= 0.3 is 0 Å². The van der Waals surface area contributed by atoms with E-state index in [2.05, 4.69) is 0 Å². The summed E-state index contributed by atoms with van der Waals surface area (Å²) in [4.78, 5) is 13.2. The maximum atomic E-state index is 11.2. The average Bonchev–Trinajstić information content (AvgIpc) is 1.93. The zero-order valence-electron chi connectivity index (χ0n) is 7.26. The van der Waals surface area contributed by atoms with E-state index in [4.69, 9.17) is 0 Å². The largest absolute Gasteiger partial charge is 0.383 e. The van der Waals surface area contributed by atoms with Crippen molar-refractivity contribution in [3.05, 3.63) is 11.8 Å². The molecular formula is C9H15NO. The molecule has 0 aliphatic heterocycles. The van der Waals surface area contributed by atoms with Crippen LogP contribution in [0.5, 0.6) is 0 Å². The molecule has 0 radical (unpaired) electrons. The maximum Gasteiger partial charge on any atom is 0.160 e. The van der Waals surface area contributed by atoms with Crippen LogP contribution in [0, 0.1) is 0 Å². The molecule has 0 aromatic heterocycles. The topological polar surface area (TPSA) is 20.3 Å². The van der Waals surface area contributed by atoms with Crippen molar-refractivity contribution in [2.75, 3.05) is 14.1 Å². The smallest absolute Gasteiger partial charge is 0.160 e. The van der Waals surface area contributed by atoms with Crippen LogP contribution in [0.4, 0.5) is 0 Å². The van der Waals surface area contributed by atoms with Crippen LogP contribution >= 0.6 is 0 Å². The number of ketones is 1. The predicted molar refractivity (Wildman–Crippen MR) is 45.2 cm³/mol. The van der Waals surface area contributed by atoms with Crippen molar-refractivity contribution in [1.29, 1.82) is 0 Å². The monoisotopic (exact) mass is 153 g/mol. The van der Waals surface area contributed by atoms with Crippen LogP contribution in [0.15, 0.2) is 11.8 Å². The molecule has 0 heterocycles. The number of nitrogens with zero attached hydrogens (tertiary/aromatic N) is 1. The third-order valence-electron chi connectivity index (χ3n) is 1.87. The fourth-order valence-corrected chi connectivity index (χ4v) is 1.35. The normalized spacial score (nSPS) is 22.4. The Balaban J connectivity index is 2.61. The van der Waals surface area contributed by atoms with E-state index in [-0.39, 0.29) is 0 Å². The maximum absolute atomic E-state index is 11.2. The number of Topliss-reactive ketones (excluding diaryl/α,β-unsaturated/α-hetero) is 1. The fraction of sp³-hybridized carbons (Fsp3) is 0.667. The molecule has 2 heteroatoms. The zero-order chi connectivity index (χ0) is 8.27. The summed E-state index contributed by atoms with van der Waals surface area (Å²) in [6, 6.07) is 0. The minimum Gasteiger partial charge on any atom is -0.383 e. The van der Waals surface area contributed by atoms with Crippen molar-refractivity contribution in [3.63, 3.8) is 0 Å². The number of carbonyl (C=O) groups is 1. The van der Waals surface area contributed by atoms with Crippen molar-refractivity contribution < 1.29 is 4.79 Å². The van der Waals surface area contributed by atoms with Crippen molar-refractivity contribution >= 4 is 5.78 Å². The molecule has 0 aromatic carbocycles. The Labute approximate surface area is 67.9 Å².